The second-order valence-electron chi connectivity index (χ2n) is 6.08. The average molecular weight is 378 g/mol. The molecule has 144 valence electrons. The third-order valence-electron chi connectivity index (χ3n) is 4.05. The van der Waals surface area contributed by atoms with Gasteiger partial charge in [0.15, 0.2) is 6.61 Å². The Bertz CT molecular complexity index is 787. The number of rotatable bonds is 7. The Labute approximate surface area is 156 Å². The van der Waals surface area contributed by atoms with Crippen molar-refractivity contribution in [3.05, 3.63) is 65.2 Å². The Hall–Kier alpha value is -2.83. The number of hydrogen-bond acceptors (Lipinski definition) is 3. The molecule has 1 atom stereocenters. The highest BCUT2D eigenvalue weighted by atomic mass is 19.4. The molecule has 1 amide bonds. The lowest BCUT2D eigenvalue weighted by Gasteiger charge is -2.10. The standard InChI is InChI=1S/C20H21F3N2O2/c1-3-14(2)16-7-9-18(10-8-16)27-13-19(26)25-24-12-15-5-4-6-17(11-15)20(21,22)23/h4-12,14H,3,13H2,1-2H3,(H,25,26)/b24-12+. The van der Waals surface area contributed by atoms with Crippen LogP contribution in [-0.2, 0) is 11.0 Å². The Morgan fingerprint density at radius 2 is 1.93 bits per heavy atom. The summed E-state index contributed by atoms with van der Waals surface area (Å²) < 4.78 is 43.3. The van der Waals surface area contributed by atoms with Gasteiger partial charge < -0.3 is 4.74 Å². The Balaban J connectivity index is 1.83. The first-order valence-corrected chi connectivity index (χ1v) is 8.51. The fourth-order valence-electron chi connectivity index (χ4n) is 2.28. The fraction of sp³-hybridized carbons (Fsp3) is 0.300. The molecule has 0 spiro atoms. The van der Waals surface area contributed by atoms with E-state index >= 15 is 0 Å². The molecule has 0 fully saturated rings. The first kappa shape index (κ1) is 20.5. The highest BCUT2D eigenvalue weighted by Gasteiger charge is 2.30. The molecule has 0 saturated carbocycles. The van der Waals surface area contributed by atoms with E-state index in [1.165, 1.54) is 17.7 Å². The molecule has 2 aromatic carbocycles. The van der Waals surface area contributed by atoms with Crippen LogP contribution in [0, 0.1) is 0 Å². The number of ether oxygens (including phenoxy) is 1. The summed E-state index contributed by atoms with van der Waals surface area (Å²) in [4.78, 5) is 11.7. The summed E-state index contributed by atoms with van der Waals surface area (Å²) in [7, 11) is 0. The number of hydrogen-bond donors (Lipinski definition) is 1. The summed E-state index contributed by atoms with van der Waals surface area (Å²) in [5, 5.41) is 3.65. The van der Waals surface area contributed by atoms with Crippen LogP contribution >= 0.6 is 0 Å². The minimum Gasteiger partial charge on any atom is -0.484 e. The lowest BCUT2D eigenvalue weighted by molar-refractivity contribution is -0.137. The number of benzene rings is 2. The predicted octanol–water partition coefficient (Wildman–Crippen LogP) is 4.75. The molecule has 27 heavy (non-hydrogen) atoms. The largest absolute Gasteiger partial charge is 0.484 e. The summed E-state index contributed by atoms with van der Waals surface area (Å²) in [6, 6.07) is 12.1. The Kier molecular flexibility index (Phi) is 6.98. The summed E-state index contributed by atoms with van der Waals surface area (Å²) in [5.74, 6) is 0.496. The molecule has 0 aliphatic rings. The molecule has 0 aromatic heterocycles. The maximum absolute atomic E-state index is 12.6. The minimum absolute atomic E-state index is 0.228. The van der Waals surface area contributed by atoms with Gasteiger partial charge in [0.1, 0.15) is 5.75 Å². The smallest absolute Gasteiger partial charge is 0.416 e. The predicted molar refractivity (Wildman–Crippen MR) is 97.8 cm³/mol. The van der Waals surface area contributed by atoms with Gasteiger partial charge in [-0.3, -0.25) is 4.79 Å². The van der Waals surface area contributed by atoms with Crippen LogP contribution < -0.4 is 10.2 Å². The summed E-state index contributed by atoms with van der Waals surface area (Å²) in [6.07, 6.45) is -2.24. The second-order valence-corrected chi connectivity index (χ2v) is 6.08. The van der Waals surface area contributed by atoms with Crippen molar-refractivity contribution in [2.75, 3.05) is 6.61 Å². The van der Waals surface area contributed by atoms with Gasteiger partial charge in [0.2, 0.25) is 0 Å². The molecule has 0 aliphatic heterocycles. The van der Waals surface area contributed by atoms with E-state index < -0.39 is 17.6 Å². The number of carbonyl (C=O) groups is 1. The molecule has 1 unspecified atom stereocenters. The summed E-state index contributed by atoms with van der Waals surface area (Å²) >= 11 is 0. The van der Waals surface area contributed by atoms with E-state index in [1.54, 1.807) is 12.1 Å². The van der Waals surface area contributed by atoms with Gasteiger partial charge in [0.25, 0.3) is 5.91 Å². The van der Waals surface area contributed by atoms with Crippen LogP contribution in [0.4, 0.5) is 13.2 Å². The number of amides is 1. The van der Waals surface area contributed by atoms with Crippen LogP contribution in [0.2, 0.25) is 0 Å². The molecule has 2 rings (SSSR count). The maximum Gasteiger partial charge on any atom is 0.416 e. The highest BCUT2D eigenvalue weighted by Crippen LogP contribution is 2.29. The Morgan fingerprint density at radius 3 is 2.56 bits per heavy atom. The molecule has 7 heteroatoms. The molecule has 0 radical (unpaired) electrons. The van der Waals surface area contributed by atoms with Crippen molar-refractivity contribution in [2.45, 2.75) is 32.4 Å². The van der Waals surface area contributed by atoms with Gasteiger partial charge in [-0.1, -0.05) is 38.1 Å². The van der Waals surface area contributed by atoms with Gasteiger partial charge in [-0.2, -0.15) is 18.3 Å². The van der Waals surface area contributed by atoms with Crippen LogP contribution in [0.15, 0.2) is 53.6 Å². The van der Waals surface area contributed by atoms with E-state index in [1.807, 2.05) is 12.1 Å². The number of nitrogens with zero attached hydrogens (tertiary/aromatic N) is 1. The van der Waals surface area contributed by atoms with Gasteiger partial charge in [0, 0.05) is 0 Å². The normalized spacial score (nSPS) is 12.8. The second kappa shape index (κ2) is 9.21. The zero-order chi connectivity index (χ0) is 19.9. The molecule has 1 N–H and O–H groups in total. The average Bonchev–Trinajstić information content (AvgIpc) is 2.66. The van der Waals surface area contributed by atoms with E-state index in [0.717, 1.165) is 24.8 Å². The molecular weight excluding hydrogens is 357 g/mol. The van der Waals surface area contributed by atoms with Crippen LogP contribution in [0.5, 0.6) is 5.75 Å². The molecule has 4 nitrogen and oxygen atoms in total. The first-order valence-electron chi connectivity index (χ1n) is 8.51. The zero-order valence-electron chi connectivity index (χ0n) is 15.1. The number of nitrogens with one attached hydrogen (secondary N) is 1. The van der Waals surface area contributed by atoms with Gasteiger partial charge in [-0.15, -0.1) is 0 Å². The van der Waals surface area contributed by atoms with E-state index in [4.69, 9.17) is 4.74 Å². The summed E-state index contributed by atoms with van der Waals surface area (Å²) in [5.41, 5.74) is 2.87. The molecule has 0 aliphatic carbocycles. The van der Waals surface area contributed by atoms with Crippen molar-refractivity contribution >= 4 is 12.1 Å². The van der Waals surface area contributed by atoms with E-state index in [9.17, 15) is 18.0 Å². The van der Waals surface area contributed by atoms with Crippen molar-refractivity contribution < 1.29 is 22.7 Å². The lowest BCUT2D eigenvalue weighted by atomic mass is 9.99. The van der Waals surface area contributed by atoms with Gasteiger partial charge in [-0.05, 0) is 47.7 Å². The quantitative estimate of drug-likeness (QED) is 0.558. The van der Waals surface area contributed by atoms with Crippen molar-refractivity contribution in [2.24, 2.45) is 5.10 Å². The Morgan fingerprint density at radius 1 is 1.22 bits per heavy atom. The molecular formula is C20H21F3N2O2. The monoisotopic (exact) mass is 378 g/mol. The highest BCUT2D eigenvalue weighted by molar-refractivity contribution is 5.83. The first-order chi connectivity index (χ1) is 12.8. The zero-order valence-corrected chi connectivity index (χ0v) is 15.1. The van der Waals surface area contributed by atoms with Crippen molar-refractivity contribution in [1.29, 1.82) is 0 Å². The number of halogens is 3. The van der Waals surface area contributed by atoms with Crippen LogP contribution in [-0.4, -0.2) is 18.7 Å². The molecule has 0 saturated heterocycles. The van der Waals surface area contributed by atoms with Crippen LogP contribution in [0.25, 0.3) is 0 Å². The van der Waals surface area contributed by atoms with Gasteiger partial charge in [0.05, 0.1) is 11.8 Å². The van der Waals surface area contributed by atoms with Crippen molar-refractivity contribution in [3.8, 4) is 5.75 Å². The van der Waals surface area contributed by atoms with Crippen molar-refractivity contribution in [3.63, 3.8) is 0 Å². The number of hydrazone groups is 1. The van der Waals surface area contributed by atoms with E-state index in [2.05, 4.69) is 24.4 Å². The third-order valence-corrected chi connectivity index (χ3v) is 4.05. The van der Waals surface area contributed by atoms with E-state index in [-0.39, 0.29) is 12.2 Å². The summed E-state index contributed by atoms with van der Waals surface area (Å²) in [6.45, 7) is 3.99. The molecule has 0 heterocycles. The number of alkyl halides is 3. The van der Waals surface area contributed by atoms with Gasteiger partial charge >= 0.3 is 6.18 Å². The maximum atomic E-state index is 12.6. The molecule has 2 aromatic rings. The van der Waals surface area contributed by atoms with Gasteiger partial charge in [-0.25, -0.2) is 5.43 Å². The minimum atomic E-state index is -4.43. The van der Waals surface area contributed by atoms with Crippen LogP contribution in [0.1, 0.15) is 42.9 Å². The SMILES string of the molecule is CCC(C)c1ccc(OCC(=O)N/N=C/c2cccc(C(F)(F)F)c2)cc1. The van der Waals surface area contributed by atoms with E-state index in [0.29, 0.717) is 11.7 Å². The topological polar surface area (TPSA) is 50.7 Å². The van der Waals surface area contributed by atoms with Crippen LogP contribution in [0.3, 0.4) is 0 Å². The molecule has 0 bridgehead atoms. The fourth-order valence-corrected chi connectivity index (χ4v) is 2.28. The third kappa shape index (κ3) is 6.44. The van der Waals surface area contributed by atoms with Crippen molar-refractivity contribution in [1.82, 2.24) is 5.43 Å². The lowest BCUT2D eigenvalue weighted by Crippen LogP contribution is -2.24. The number of carbonyl (C=O) groups excluding carboxylic acids is 1.